The summed E-state index contributed by atoms with van der Waals surface area (Å²) >= 11 is 0. The minimum absolute atomic E-state index is 0. The van der Waals surface area contributed by atoms with E-state index in [0.717, 1.165) is 48.2 Å². The summed E-state index contributed by atoms with van der Waals surface area (Å²) in [5.74, 6) is 0. The number of fused-ring (bicyclic) bond motifs is 1. The first-order valence-electron chi connectivity index (χ1n) is 9.48. The summed E-state index contributed by atoms with van der Waals surface area (Å²) in [5, 5.41) is 1.93. The maximum absolute atomic E-state index is 12.9. The summed E-state index contributed by atoms with van der Waals surface area (Å²) < 4.78 is 28.5. The molecule has 1 aliphatic heterocycles. The topological polar surface area (TPSA) is 52.6 Å². The highest BCUT2D eigenvalue weighted by atomic mass is 35.5. The monoisotopic (exact) mass is 430 g/mol. The highest BCUT2D eigenvalue weighted by Crippen LogP contribution is 2.27. The van der Waals surface area contributed by atoms with Crippen molar-refractivity contribution in [2.24, 2.45) is 0 Å². The van der Waals surface area contributed by atoms with E-state index in [-0.39, 0.29) is 17.3 Å². The van der Waals surface area contributed by atoms with Crippen molar-refractivity contribution in [1.82, 2.24) is 4.90 Å². The smallest absolute Gasteiger partial charge is 0.261 e. The van der Waals surface area contributed by atoms with Crippen molar-refractivity contribution in [2.45, 2.75) is 11.8 Å². The second-order valence-electron chi connectivity index (χ2n) is 7.40. The van der Waals surface area contributed by atoms with Crippen molar-refractivity contribution < 1.29 is 20.8 Å². The van der Waals surface area contributed by atoms with E-state index < -0.39 is 10.0 Å². The number of nitrogens with one attached hydrogen (secondary N) is 1. The van der Waals surface area contributed by atoms with E-state index in [1.54, 1.807) is 12.1 Å². The molecule has 29 heavy (non-hydrogen) atoms. The third-order valence-corrected chi connectivity index (χ3v) is 6.72. The first-order chi connectivity index (χ1) is 13.4. The maximum Gasteiger partial charge on any atom is 0.261 e. The van der Waals surface area contributed by atoms with Gasteiger partial charge in [0, 0.05) is 31.9 Å². The number of halogens is 1. The largest absolute Gasteiger partial charge is 1.00 e. The molecular weight excluding hydrogens is 406 g/mol. The lowest BCUT2D eigenvalue weighted by Crippen LogP contribution is -3.00. The number of likely N-dealkylation sites (N-methyl/N-ethyl adjacent to an activating group) is 1. The normalized spacial score (nSPS) is 15.2. The van der Waals surface area contributed by atoms with Crippen LogP contribution < -0.4 is 22.0 Å². The van der Waals surface area contributed by atoms with Gasteiger partial charge in [-0.15, -0.1) is 0 Å². The van der Waals surface area contributed by atoms with Gasteiger partial charge in [0.05, 0.1) is 10.6 Å². The highest BCUT2D eigenvalue weighted by molar-refractivity contribution is 7.92. The number of sulfonamides is 1. The van der Waals surface area contributed by atoms with E-state index in [9.17, 15) is 8.42 Å². The number of rotatable bonds is 4. The molecule has 1 aliphatic rings. The molecule has 4 rings (SSSR count). The lowest BCUT2D eigenvalue weighted by Gasteiger charge is -2.34. The molecule has 1 N–H and O–H groups in total. The van der Waals surface area contributed by atoms with Gasteiger partial charge < -0.3 is 22.2 Å². The average Bonchev–Trinajstić information content (AvgIpc) is 2.69. The zero-order chi connectivity index (χ0) is 19.7. The van der Waals surface area contributed by atoms with Gasteiger partial charge in [0.15, 0.2) is 0 Å². The molecule has 3 aromatic rings. The second-order valence-corrected chi connectivity index (χ2v) is 9.09. The van der Waals surface area contributed by atoms with Gasteiger partial charge in [-0.2, -0.15) is 0 Å². The maximum atomic E-state index is 12.9. The molecule has 7 heteroatoms. The van der Waals surface area contributed by atoms with Gasteiger partial charge in [-0.05, 0) is 60.6 Å². The van der Waals surface area contributed by atoms with Gasteiger partial charge in [0.1, 0.15) is 0 Å². The number of hydrogen-bond acceptors (Lipinski definition) is 4. The molecular formula is C22H25ClN3O2S-. The number of anilines is 2. The Morgan fingerprint density at radius 2 is 1.55 bits per heavy atom. The Morgan fingerprint density at radius 3 is 2.24 bits per heavy atom. The molecule has 5 nitrogen and oxygen atoms in total. The van der Waals surface area contributed by atoms with E-state index in [0.29, 0.717) is 5.69 Å². The van der Waals surface area contributed by atoms with Gasteiger partial charge in [0.25, 0.3) is 10.0 Å². The predicted molar refractivity (Wildman–Crippen MR) is 116 cm³/mol. The molecule has 154 valence electrons. The SMILES string of the molecule is Cc1cc(N2CCN(C)CC2)ccc1NS(=O)(=O)c1ccc2ccccc2c1.[Cl-]. The first kappa shape index (κ1) is 21.4. The average molecular weight is 431 g/mol. The second kappa shape index (κ2) is 8.61. The van der Waals surface area contributed by atoms with Crippen LogP contribution in [0.4, 0.5) is 11.4 Å². The van der Waals surface area contributed by atoms with Gasteiger partial charge in [-0.25, -0.2) is 8.42 Å². The quantitative estimate of drug-likeness (QED) is 0.662. The summed E-state index contributed by atoms with van der Waals surface area (Å²) in [5.41, 5.74) is 2.67. The Bertz CT molecular complexity index is 1110. The Kier molecular flexibility index (Phi) is 6.36. The first-order valence-corrected chi connectivity index (χ1v) is 11.0. The molecule has 0 amide bonds. The minimum Gasteiger partial charge on any atom is -1.00 e. The van der Waals surface area contributed by atoms with Crippen LogP contribution in [0, 0.1) is 6.92 Å². The summed E-state index contributed by atoms with van der Waals surface area (Å²) in [6.07, 6.45) is 0. The molecule has 0 bridgehead atoms. The number of piperazine rings is 1. The molecule has 0 aliphatic carbocycles. The van der Waals surface area contributed by atoms with Crippen LogP contribution in [0.15, 0.2) is 65.6 Å². The third-order valence-electron chi connectivity index (χ3n) is 5.35. The molecule has 1 saturated heterocycles. The molecule has 0 saturated carbocycles. The number of aryl methyl sites for hydroxylation is 1. The lowest BCUT2D eigenvalue weighted by atomic mass is 10.1. The summed E-state index contributed by atoms with van der Waals surface area (Å²) in [7, 11) is -1.51. The molecule has 0 unspecified atom stereocenters. The summed E-state index contributed by atoms with van der Waals surface area (Å²) in [4.78, 5) is 4.93. The van der Waals surface area contributed by atoms with Crippen LogP contribution in [0.25, 0.3) is 10.8 Å². The predicted octanol–water partition coefficient (Wildman–Crippen LogP) is 0.705. The fourth-order valence-corrected chi connectivity index (χ4v) is 4.73. The van der Waals surface area contributed by atoms with Crippen LogP contribution in [0.3, 0.4) is 0 Å². The van der Waals surface area contributed by atoms with Crippen LogP contribution in [-0.4, -0.2) is 46.5 Å². The van der Waals surface area contributed by atoms with Crippen molar-refractivity contribution in [3.8, 4) is 0 Å². The van der Waals surface area contributed by atoms with Crippen LogP contribution >= 0.6 is 0 Å². The van der Waals surface area contributed by atoms with Crippen LogP contribution in [0.5, 0.6) is 0 Å². The number of nitrogens with zero attached hydrogens (tertiary/aromatic N) is 2. The van der Waals surface area contributed by atoms with Crippen molar-refractivity contribution in [3.05, 3.63) is 66.2 Å². The van der Waals surface area contributed by atoms with Crippen molar-refractivity contribution in [1.29, 1.82) is 0 Å². The van der Waals surface area contributed by atoms with Gasteiger partial charge in [-0.3, -0.25) is 4.72 Å². The zero-order valence-electron chi connectivity index (χ0n) is 16.6. The van der Waals surface area contributed by atoms with Crippen LogP contribution in [0.1, 0.15) is 5.56 Å². The number of hydrogen-bond donors (Lipinski definition) is 1. The van der Waals surface area contributed by atoms with Gasteiger partial charge in [0.2, 0.25) is 0 Å². The zero-order valence-corrected chi connectivity index (χ0v) is 18.2. The standard InChI is InChI=1S/C22H25N3O2S.ClH/c1-17-15-20(25-13-11-24(2)12-14-25)8-10-22(17)23-28(26,27)21-9-7-18-5-3-4-6-19(18)16-21;/h3-10,15-16,23H,11-14H2,1-2H3;1H/p-1. The molecule has 0 atom stereocenters. The molecule has 0 spiro atoms. The fourth-order valence-electron chi connectivity index (χ4n) is 3.56. The van der Waals surface area contributed by atoms with Gasteiger partial charge in [-0.1, -0.05) is 30.3 Å². The van der Waals surface area contributed by atoms with Crippen LogP contribution in [-0.2, 0) is 10.0 Å². The van der Waals surface area contributed by atoms with Crippen LogP contribution in [0.2, 0.25) is 0 Å². The lowest BCUT2D eigenvalue weighted by molar-refractivity contribution is -0.00000800. The van der Waals surface area contributed by atoms with Crippen molar-refractivity contribution in [2.75, 3.05) is 42.8 Å². The third kappa shape index (κ3) is 4.66. The Hall–Kier alpha value is -2.28. The van der Waals surface area contributed by atoms with E-state index in [1.165, 1.54) is 0 Å². The van der Waals surface area contributed by atoms with Crippen molar-refractivity contribution >= 4 is 32.2 Å². The molecule has 1 fully saturated rings. The van der Waals surface area contributed by atoms with E-state index in [4.69, 9.17) is 0 Å². The highest BCUT2D eigenvalue weighted by Gasteiger charge is 2.18. The van der Waals surface area contributed by atoms with E-state index in [2.05, 4.69) is 27.6 Å². The van der Waals surface area contributed by atoms with Gasteiger partial charge >= 0.3 is 0 Å². The Labute approximate surface area is 178 Å². The molecule has 0 aromatic heterocycles. The molecule has 0 radical (unpaired) electrons. The molecule has 1 heterocycles. The Balaban J connectivity index is 0.00000240. The van der Waals surface area contributed by atoms with E-state index in [1.807, 2.05) is 49.4 Å². The Morgan fingerprint density at radius 1 is 0.862 bits per heavy atom. The number of benzene rings is 3. The van der Waals surface area contributed by atoms with Crippen molar-refractivity contribution in [3.63, 3.8) is 0 Å². The van der Waals surface area contributed by atoms with E-state index >= 15 is 0 Å². The summed E-state index contributed by atoms with van der Waals surface area (Å²) in [6.45, 7) is 5.98. The summed E-state index contributed by atoms with van der Waals surface area (Å²) in [6, 6.07) is 18.9. The fraction of sp³-hybridized carbons (Fsp3) is 0.273. The minimum atomic E-state index is -3.64. The molecule has 3 aromatic carbocycles.